The number of ether oxygens (including phenoxy) is 1. The van der Waals surface area contributed by atoms with Crippen molar-refractivity contribution in [3.05, 3.63) is 48.0 Å². The standard InChI is InChI=1S/C19H23F2N3O3S/c1-14-7-8-15(13-17(14)24-11-9-22-10-12-24)28(25,26)23(2)16-5-3-4-6-18(16)27-19(20)21/h3-8,13,19,22H,9-12H2,1-2H3. The smallest absolute Gasteiger partial charge is 0.387 e. The molecule has 1 aliphatic rings. The molecular weight excluding hydrogens is 388 g/mol. The minimum atomic E-state index is -3.96. The molecule has 3 rings (SSSR count). The molecule has 0 amide bonds. The van der Waals surface area contributed by atoms with Crippen LogP contribution in [0.25, 0.3) is 0 Å². The van der Waals surface area contributed by atoms with Gasteiger partial charge in [-0.3, -0.25) is 4.31 Å². The summed E-state index contributed by atoms with van der Waals surface area (Å²) in [6.45, 7) is 2.11. The zero-order chi connectivity index (χ0) is 20.3. The van der Waals surface area contributed by atoms with Gasteiger partial charge in [-0.05, 0) is 36.8 Å². The lowest BCUT2D eigenvalue weighted by Gasteiger charge is -2.31. The molecular formula is C19H23F2N3O3S. The summed E-state index contributed by atoms with van der Waals surface area (Å²) < 4.78 is 57.2. The number of para-hydroxylation sites is 2. The van der Waals surface area contributed by atoms with E-state index in [0.717, 1.165) is 41.7 Å². The van der Waals surface area contributed by atoms with Crippen LogP contribution >= 0.6 is 0 Å². The van der Waals surface area contributed by atoms with Gasteiger partial charge < -0.3 is 15.0 Å². The maximum atomic E-state index is 13.2. The van der Waals surface area contributed by atoms with Gasteiger partial charge in [-0.25, -0.2) is 8.42 Å². The van der Waals surface area contributed by atoms with Gasteiger partial charge in [0.05, 0.1) is 10.6 Å². The lowest BCUT2D eigenvalue weighted by molar-refractivity contribution is -0.0494. The van der Waals surface area contributed by atoms with Crippen molar-refractivity contribution in [2.45, 2.75) is 18.4 Å². The van der Waals surface area contributed by atoms with Crippen LogP contribution in [-0.2, 0) is 10.0 Å². The predicted octanol–water partition coefficient (Wildman–Crippen LogP) is 2.83. The van der Waals surface area contributed by atoms with Crippen LogP contribution in [0.2, 0.25) is 0 Å². The van der Waals surface area contributed by atoms with Crippen LogP contribution in [0.15, 0.2) is 47.4 Å². The van der Waals surface area contributed by atoms with Crippen LogP contribution in [0.4, 0.5) is 20.2 Å². The van der Waals surface area contributed by atoms with E-state index < -0.39 is 16.6 Å². The molecule has 152 valence electrons. The number of alkyl halides is 2. The Kier molecular flexibility index (Phi) is 6.04. The highest BCUT2D eigenvalue weighted by Gasteiger charge is 2.26. The van der Waals surface area contributed by atoms with Crippen LogP contribution in [0.5, 0.6) is 5.75 Å². The molecule has 9 heteroatoms. The number of nitrogens with one attached hydrogen (secondary N) is 1. The second kappa shape index (κ2) is 8.32. The second-order valence-corrected chi connectivity index (χ2v) is 8.47. The zero-order valence-corrected chi connectivity index (χ0v) is 16.5. The van der Waals surface area contributed by atoms with Gasteiger partial charge in [0.15, 0.2) is 0 Å². The second-order valence-electron chi connectivity index (χ2n) is 6.50. The highest BCUT2D eigenvalue weighted by molar-refractivity contribution is 7.92. The van der Waals surface area contributed by atoms with Crippen molar-refractivity contribution < 1.29 is 21.9 Å². The van der Waals surface area contributed by atoms with E-state index in [2.05, 4.69) is 15.0 Å². The van der Waals surface area contributed by atoms with Crippen molar-refractivity contribution >= 4 is 21.4 Å². The first-order valence-electron chi connectivity index (χ1n) is 8.90. The van der Waals surface area contributed by atoms with Crippen molar-refractivity contribution in [1.82, 2.24) is 5.32 Å². The zero-order valence-electron chi connectivity index (χ0n) is 15.7. The maximum Gasteiger partial charge on any atom is 0.387 e. The van der Waals surface area contributed by atoms with E-state index in [1.54, 1.807) is 18.2 Å². The number of halogens is 2. The summed E-state index contributed by atoms with van der Waals surface area (Å²) in [5, 5.41) is 3.27. The van der Waals surface area contributed by atoms with E-state index in [1.807, 2.05) is 6.92 Å². The highest BCUT2D eigenvalue weighted by Crippen LogP contribution is 2.33. The topological polar surface area (TPSA) is 61.9 Å². The molecule has 1 saturated heterocycles. The van der Waals surface area contributed by atoms with Gasteiger partial charge in [0.2, 0.25) is 0 Å². The molecule has 0 atom stereocenters. The molecule has 0 unspecified atom stereocenters. The molecule has 2 aromatic rings. The fourth-order valence-corrected chi connectivity index (χ4v) is 4.42. The van der Waals surface area contributed by atoms with E-state index in [9.17, 15) is 17.2 Å². The molecule has 2 aromatic carbocycles. The Labute approximate surface area is 163 Å². The third-order valence-electron chi connectivity index (χ3n) is 4.72. The third kappa shape index (κ3) is 4.20. The lowest BCUT2D eigenvalue weighted by atomic mass is 10.1. The van der Waals surface area contributed by atoms with Crippen LogP contribution in [0.3, 0.4) is 0 Å². The molecule has 6 nitrogen and oxygen atoms in total. The van der Waals surface area contributed by atoms with E-state index in [1.165, 1.54) is 31.3 Å². The number of nitrogens with zero attached hydrogens (tertiary/aromatic N) is 2. The minimum absolute atomic E-state index is 0.0482. The molecule has 0 radical (unpaired) electrons. The summed E-state index contributed by atoms with van der Waals surface area (Å²) in [5.41, 5.74) is 1.88. The van der Waals surface area contributed by atoms with Crippen LogP contribution in [0, 0.1) is 6.92 Å². The largest absolute Gasteiger partial charge is 0.433 e. The molecule has 1 fully saturated rings. The highest BCUT2D eigenvalue weighted by atomic mass is 32.2. The van der Waals surface area contributed by atoms with Gasteiger partial charge in [-0.2, -0.15) is 8.78 Å². The Morgan fingerprint density at radius 3 is 2.50 bits per heavy atom. The monoisotopic (exact) mass is 411 g/mol. The number of piperazine rings is 1. The Balaban J connectivity index is 1.97. The molecule has 0 spiro atoms. The molecule has 28 heavy (non-hydrogen) atoms. The third-order valence-corrected chi connectivity index (χ3v) is 6.48. The Morgan fingerprint density at radius 1 is 1.14 bits per heavy atom. The van der Waals surface area contributed by atoms with Crippen molar-refractivity contribution in [3.8, 4) is 5.75 Å². The summed E-state index contributed by atoms with van der Waals surface area (Å²) in [6.07, 6.45) is 0. The number of hydrogen-bond acceptors (Lipinski definition) is 5. The fraction of sp³-hybridized carbons (Fsp3) is 0.368. The average molecular weight is 411 g/mol. The minimum Gasteiger partial charge on any atom is -0.433 e. The normalized spacial score (nSPS) is 15.0. The van der Waals surface area contributed by atoms with Crippen molar-refractivity contribution in [2.24, 2.45) is 0 Å². The van der Waals surface area contributed by atoms with Gasteiger partial charge in [-0.15, -0.1) is 0 Å². The number of anilines is 2. The summed E-state index contributed by atoms with van der Waals surface area (Å²) >= 11 is 0. The van der Waals surface area contributed by atoms with Gasteiger partial charge in [0.1, 0.15) is 5.75 Å². The van der Waals surface area contributed by atoms with E-state index in [4.69, 9.17) is 0 Å². The Morgan fingerprint density at radius 2 is 1.82 bits per heavy atom. The van der Waals surface area contributed by atoms with E-state index in [0.29, 0.717) is 0 Å². The summed E-state index contributed by atoms with van der Waals surface area (Å²) in [5.74, 6) is -0.196. The van der Waals surface area contributed by atoms with Gasteiger partial charge >= 0.3 is 6.61 Å². The van der Waals surface area contributed by atoms with Gasteiger partial charge in [0.25, 0.3) is 10.0 Å². The number of aryl methyl sites for hydroxylation is 1. The summed E-state index contributed by atoms with van der Waals surface area (Å²) in [4.78, 5) is 2.24. The van der Waals surface area contributed by atoms with Crippen molar-refractivity contribution in [3.63, 3.8) is 0 Å². The summed E-state index contributed by atoms with van der Waals surface area (Å²) in [7, 11) is -2.64. The van der Waals surface area contributed by atoms with E-state index >= 15 is 0 Å². The summed E-state index contributed by atoms with van der Waals surface area (Å²) in [6, 6.07) is 10.8. The number of sulfonamides is 1. The van der Waals surface area contributed by atoms with Crippen LogP contribution in [-0.4, -0.2) is 48.3 Å². The van der Waals surface area contributed by atoms with Crippen molar-refractivity contribution in [1.29, 1.82) is 0 Å². The first-order valence-corrected chi connectivity index (χ1v) is 10.3. The average Bonchev–Trinajstić information content (AvgIpc) is 2.68. The van der Waals surface area contributed by atoms with Gasteiger partial charge in [-0.1, -0.05) is 18.2 Å². The van der Waals surface area contributed by atoms with Crippen molar-refractivity contribution in [2.75, 3.05) is 42.4 Å². The molecule has 0 saturated carbocycles. The first kappa shape index (κ1) is 20.3. The molecule has 0 aromatic heterocycles. The predicted molar refractivity (Wildman–Crippen MR) is 105 cm³/mol. The SMILES string of the molecule is Cc1ccc(S(=O)(=O)N(C)c2ccccc2OC(F)F)cc1N1CCNCC1. The Bertz CT molecular complexity index is 932. The molecule has 1 N–H and O–H groups in total. The Hall–Kier alpha value is -2.39. The number of benzene rings is 2. The molecule has 1 aliphatic heterocycles. The molecule has 0 bridgehead atoms. The fourth-order valence-electron chi connectivity index (χ4n) is 3.20. The van der Waals surface area contributed by atoms with E-state index in [-0.39, 0.29) is 16.3 Å². The number of rotatable bonds is 6. The lowest BCUT2D eigenvalue weighted by Crippen LogP contribution is -2.43. The van der Waals surface area contributed by atoms with Crippen LogP contribution in [0.1, 0.15) is 5.56 Å². The first-order chi connectivity index (χ1) is 13.3. The molecule has 0 aliphatic carbocycles. The maximum absolute atomic E-state index is 13.2. The van der Waals surface area contributed by atoms with Crippen LogP contribution < -0.4 is 19.3 Å². The quantitative estimate of drug-likeness (QED) is 0.792. The van der Waals surface area contributed by atoms with Gasteiger partial charge in [0, 0.05) is 38.9 Å². The molecule has 1 heterocycles. The number of hydrogen-bond donors (Lipinski definition) is 1.